The van der Waals surface area contributed by atoms with Gasteiger partial charge in [0.05, 0.1) is 5.41 Å². The highest BCUT2D eigenvalue weighted by Gasteiger charge is 2.37. The van der Waals surface area contributed by atoms with E-state index in [4.69, 9.17) is 4.52 Å². The molecule has 1 fully saturated rings. The molecule has 4 nitrogen and oxygen atoms in total. The van der Waals surface area contributed by atoms with Crippen LogP contribution in [0.2, 0.25) is 0 Å². The molecule has 102 valence electrons. The van der Waals surface area contributed by atoms with Crippen LogP contribution in [0.3, 0.4) is 0 Å². The highest BCUT2D eigenvalue weighted by molar-refractivity contribution is 7.09. The fraction of sp³-hybridized carbons (Fsp3) is 0.571. The molecular weight excluding hydrogens is 258 g/mol. The summed E-state index contributed by atoms with van der Waals surface area (Å²) in [5, 5.41) is 9.68. The van der Waals surface area contributed by atoms with Crippen LogP contribution in [0, 0.1) is 0 Å². The van der Waals surface area contributed by atoms with Crippen LogP contribution in [0.5, 0.6) is 0 Å². The highest BCUT2D eigenvalue weighted by atomic mass is 32.1. The SMILES string of the molecule is CCC1(c2nc(Cc3cccs3)no2)CCCNC1. The summed E-state index contributed by atoms with van der Waals surface area (Å²) in [7, 11) is 0. The lowest BCUT2D eigenvalue weighted by Crippen LogP contribution is -2.43. The topological polar surface area (TPSA) is 51.0 Å². The molecule has 0 saturated carbocycles. The van der Waals surface area contributed by atoms with E-state index in [-0.39, 0.29) is 5.41 Å². The van der Waals surface area contributed by atoms with Gasteiger partial charge in [-0.15, -0.1) is 11.3 Å². The Morgan fingerprint density at radius 1 is 1.53 bits per heavy atom. The molecule has 1 saturated heterocycles. The van der Waals surface area contributed by atoms with Gasteiger partial charge in [0, 0.05) is 17.8 Å². The fourth-order valence-corrected chi connectivity index (χ4v) is 3.42. The quantitative estimate of drug-likeness (QED) is 0.933. The van der Waals surface area contributed by atoms with E-state index in [1.807, 2.05) is 0 Å². The molecule has 5 heteroatoms. The molecule has 2 aromatic heterocycles. The normalized spacial score (nSPS) is 23.6. The van der Waals surface area contributed by atoms with E-state index in [1.165, 1.54) is 11.3 Å². The minimum atomic E-state index is 0.0406. The lowest BCUT2D eigenvalue weighted by molar-refractivity contribution is 0.220. The molecule has 0 aromatic carbocycles. The molecular formula is C14H19N3OS. The van der Waals surface area contributed by atoms with E-state index in [0.29, 0.717) is 0 Å². The smallest absolute Gasteiger partial charge is 0.234 e. The first kappa shape index (κ1) is 12.8. The van der Waals surface area contributed by atoms with E-state index in [0.717, 1.165) is 44.1 Å². The van der Waals surface area contributed by atoms with E-state index >= 15 is 0 Å². The summed E-state index contributed by atoms with van der Waals surface area (Å²) >= 11 is 1.73. The molecule has 3 heterocycles. The summed E-state index contributed by atoms with van der Waals surface area (Å²) in [5.74, 6) is 1.62. The van der Waals surface area contributed by atoms with Crippen LogP contribution in [0.25, 0.3) is 0 Å². The zero-order chi connectivity index (χ0) is 13.1. The molecule has 1 atom stereocenters. The van der Waals surface area contributed by atoms with Crippen molar-refractivity contribution in [2.45, 2.75) is 38.0 Å². The predicted molar refractivity (Wildman–Crippen MR) is 75.5 cm³/mol. The molecule has 0 amide bonds. The molecule has 1 N–H and O–H groups in total. The molecule has 1 aliphatic rings. The Morgan fingerprint density at radius 3 is 3.16 bits per heavy atom. The van der Waals surface area contributed by atoms with Crippen LogP contribution >= 0.6 is 11.3 Å². The Labute approximate surface area is 117 Å². The zero-order valence-corrected chi connectivity index (χ0v) is 12.0. The Balaban J connectivity index is 1.79. The lowest BCUT2D eigenvalue weighted by atomic mass is 9.78. The maximum absolute atomic E-state index is 5.55. The van der Waals surface area contributed by atoms with Crippen LogP contribution in [-0.2, 0) is 11.8 Å². The molecule has 0 bridgehead atoms. The minimum absolute atomic E-state index is 0.0406. The van der Waals surface area contributed by atoms with Crippen molar-refractivity contribution in [3.8, 4) is 0 Å². The van der Waals surface area contributed by atoms with Crippen molar-refractivity contribution in [1.82, 2.24) is 15.5 Å². The Kier molecular flexibility index (Phi) is 3.66. The third-order valence-electron chi connectivity index (χ3n) is 3.98. The van der Waals surface area contributed by atoms with Gasteiger partial charge in [0.15, 0.2) is 5.82 Å². The second-order valence-electron chi connectivity index (χ2n) is 5.19. The standard InChI is InChI=1S/C14H19N3OS/c1-2-14(6-4-7-15-10-14)13-16-12(17-18-13)9-11-5-3-8-19-11/h3,5,8,15H,2,4,6-7,9-10H2,1H3. The van der Waals surface area contributed by atoms with Gasteiger partial charge in [0.2, 0.25) is 5.89 Å². The average Bonchev–Trinajstić information content (AvgIpc) is 3.12. The van der Waals surface area contributed by atoms with Gasteiger partial charge in [-0.1, -0.05) is 18.1 Å². The molecule has 1 aliphatic heterocycles. The largest absolute Gasteiger partial charge is 0.339 e. The molecule has 0 aliphatic carbocycles. The van der Waals surface area contributed by atoms with Gasteiger partial charge in [-0.3, -0.25) is 0 Å². The number of aromatic nitrogens is 2. The summed E-state index contributed by atoms with van der Waals surface area (Å²) in [5.41, 5.74) is 0.0406. The van der Waals surface area contributed by atoms with Crippen LogP contribution < -0.4 is 5.32 Å². The summed E-state index contributed by atoms with van der Waals surface area (Å²) < 4.78 is 5.55. The number of rotatable bonds is 4. The van der Waals surface area contributed by atoms with Crippen LogP contribution in [0.15, 0.2) is 22.0 Å². The Bertz CT molecular complexity index is 515. The van der Waals surface area contributed by atoms with Crippen molar-refractivity contribution < 1.29 is 4.52 Å². The number of hydrogen-bond acceptors (Lipinski definition) is 5. The summed E-state index contributed by atoms with van der Waals surface area (Å²) in [4.78, 5) is 5.92. The van der Waals surface area contributed by atoms with Crippen LogP contribution in [0.1, 0.15) is 42.8 Å². The van der Waals surface area contributed by atoms with Crippen molar-refractivity contribution in [3.05, 3.63) is 34.1 Å². The fourth-order valence-electron chi connectivity index (χ4n) is 2.71. The zero-order valence-electron chi connectivity index (χ0n) is 11.2. The number of piperidine rings is 1. The molecule has 19 heavy (non-hydrogen) atoms. The van der Waals surface area contributed by atoms with E-state index in [9.17, 15) is 0 Å². The highest BCUT2D eigenvalue weighted by Crippen LogP contribution is 2.33. The maximum atomic E-state index is 5.55. The minimum Gasteiger partial charge on any atom is -0.339 e. The van der Waals surface area contributed by atoms with E-state index in [2.05, 4.69) is 39.9 Å². The first-order valence-corrected chi connectivity index (χ1v) is 7.76. The second-order valence-corrected chi connectivity index (χ2v) is 6.22. The second kappa shape index (κ2) is 5.43. The van der Waals surface area contributed by atoms with Crippen molar-refractivity contribution in [2.24, 2.45) is 0 Å². The van der Waals surface area contributed by atoms with E-state index in [1.54, 1.807) is 11.3 Å². The van der Waals surface area contributed by atoms with Crippen molar-refractivity contribution in [3.63, 3.8) is 0 Å². The number of nitrogens with zero attached hydrogens (tertiary/aromatic N) is 2. The summed E-state index contributed by atoms with van der Waals surface area (Å²) in [6, 6.07) is 4.16. The van der Waals surface area contributed by atoms with Crippen molar-refractivity contribution in [2.75, 3.05) is 13.1 Å². The molecule has 3 rings (SSSR count). The number of hydrogen-bond donors (Lipinski definition) is 1. The number of nitrogens with one attached hydrogen (secondary N) is 1. The molecule has 2 aromatic rings. The third-order valence-corrected chi connectivity index (χ3v) is 4.86. The maximum Gasteiger partial charge on any atom is 0.234 e. The van der Waals surface area contributed by atoms with Gasteiger partial charge in [-0.2, -0.15) is 4.98 Å². The van der Waals surface area contributed by atoms with E-state index < -0.39 is 0 Å². The first-order valence-electron chi connectivity index (χ1n) is 6.88. The average molecular weight is 277 g/mol. The third kappa shape index (κ3) is 2.58. The summed E-state index contributed by atoms with van der Waals surface area (Å²) in [6.45, 7) is 4.25. The van der Waals surface area contributed by atoms with Gasteiger partial charge in [0.25, 0.3) is 0 Å². The molecule has 0 radical (unpaired) electrons. The van der Waals surface area contributed by atoms with Gasteiger partial charge in [-0.05, 0) is 37.3 Å². The Hall–Kier alpha value is -1.20. The van der Waals surface area contributed by atoms with Crippen molar-refractivity contribution in [1.29, 1.82) is 0 Å². The van der Waals surface area contributed by atoms with Crippen LogP contribution in [0.4, 0.5) is 0 Å². The number of thiophene rings is 1. The van der Waals surface area contributed by atoms with Gasteiger partial charge in [-0.25, -0.2) is 0 Å². The monoisotopic (exact) mass is 277 g/mol. The van der Waals surface area contributed by atoms with Gasteiger partial charge in [0.1, 0.15) is 0 Å². The van der Waals surface area contributed by atoms with Gasteiger partial charge >= 0.3 is 0 Å². The molecule has 0 spiro atoms. The first-order chi connectivity index (χ1) is 9.32. The van der Waals surface area contributed by atoms with Crippen LogP contribution in [-0.4, -0.2) is 23.2 Å². The van der Waals surface area contributed by atoms with Gasteiger partial charge < -0.3 is 9.84 Å². The van der Waals surface area contributed by atoms with Crippen molar-refractivity contribution >= 4 is 11.3 Å². The predicted octanol–water partition coefficient (Wildman–Crippen LogP) is 2.75. The summed E-state index contributed by atoms with van der Waals surface area (Å²) in [6.07, 6.45) is 4.13. The Morgan fingerprint density at radius 2 is 2.47 bits per heavy atom. The lowest BCUT2D eigenvalue weighted by Gasteiger charge is -2.33. The molecule has 1 unspecified atom stereocenters.